The molecule has 3 nitrogen and oxygen atoms in total. The van der Waals surface area contributed by atoms with Crippen LogP contribution in [0.3, 0.4) is 0 Å². The lowest BCUT2D eigenvalue weighted by Crippen LogP contribution is -2.03. The predicted octanol–water partition coefficient (Wildman–Crippen LogP) is 1.76. The van der Waals surface area contributed by atoms with Crippen molar-refractivity contribution in [3.8, 4) is 0 Å². The zero-order valence-electron chi connectivity index (χ0n) is 7.23. The van der Waals surface area contributed by atoms with Gasteiger partial charge >= 0.3 is 5.97 Å². The van der Waals surface area contributed by atoms with Crippen LogP contribution in [0.5, 0.6) is 0 Å². The van der Waals surface area contributed by atoms with Crippen molar-refractivity contribution in [1.82, 2.24) is 0 Å². The molecule has 0 aliphatic rings. The van der Waals surface area contributed by atoms with Crippen LogP contribution in [0.25, 0.3) is 5.57 Å². The summed E-state index contributed by atoms with van der Waals surface area (Å²) < 4.78 is 4.49. The van der Waals surface area contributed by atoms with E-state index in [-0.39, 0.29) is 5.57 Å². The molecule has 1 N–H and O–H groups in total. The molecule has 0 bridgehead atoms. The van der Waals surface area contributed by atoms with E-state index in [0.29, 0.717) is 5.56 Å². The number of carbonyl (C=O) groups excluding carboxylic acids is 1. The Morgan fingerprint density at radius 1 is 1.38 bits per heavy atom. The fraction of sp³-hybridized carbons (Fsp3) is 0.100. The molecular formula is C10H10O3. The third kappa shape index (κ3) is 2.08. The maximum atomic E-state index is 11.1. The van der Waals surface area contributed by atoms with Crippen molar-refractivity contribution in [2.24, 2.45) is 0 Å². The van der Waals surface area contributed by atoms with Crippen molar-refractivity contribution >= 4 is 11.5 Å². The number of methoxy groups -OCH3 is 1. The lowest BCUT2D eigenvalue weighted by atomic mass is 10.1. The molecule has 0 heterocycles. The highest BCUT2D eigenvalue weighted by atomic mass is 16.5. The Balaban J connectivity index is 3.00. The van der Waals surface area contributed by atoms with Crippen molar-refractivity contribution in [3.63, 3.8) is 0 Å². The number of rotatable bonds is 2. The molecule has 1 aromatic carbocycles. The molecule has 1 rings (SSSR count). The van der Waals surface area contributed by atoms with E-state index in [1.54, 1.807) is 24.3 Å². The largest absolute Gasteiger partial charge is 0.515 e. The smallest absolute Gasteiger partial charge is 0.341 e. The minimum absolute atomic E-state index is 0.156. The number of esters is 1. The molecule has 0 spiro atoms. The second-order valence-corrected chi connectivity index (χ2v) is 2.40. The van der Waals surface area contributed by atoms with Gasteiger partial charge in [-0.2, -0.15) is 0 Å². The van der Waals surface area contributed by atoms with Gasteiger partial charge in [-0.15, -0.1) is 0 Å². The van der Waals surface area contributed by atoms with E-state index in [4.69, 9.17) is 5.11 Å². The Kier molecular flexibility index (Phi) is 3.09. The highest BCUT2D eigenvalue weighted by Gasteiger charge is 2.11. The van der Waals surface area contributed by atoms with Crippen LogP contribution in [0.4, 0.5) is 0 Å². The molecule has 0 amide bonds. The van der Waals surface area contributed by atoms with E-state index in [2.05, 4.69) is 4.74 Å². The second kappa shape index (κ2) is 4.30. The summed E-state index contributed by atoms with van der Waals surface area (Å²) in [6, 6.07) is 8.83. The Hall–Kier alpha value is -1.77. The Morgan fingerprint density at radius 2 is 2.00 bits per heavy atom. The van der Waals surface area contributed by atoms with Gasteiger partial charge in [0.15, 0.2) is 0 Å². The third-order valence-electron chi connectivity index (χ3n) is 1.62. The molecular weight excluding hydrogens is 168 g/mol. The van der Waals surface area contributed by atoms with E-state index in [1.165, 1.54) is 7.11 Å². The summed E-state index contributed by atoms with van der Waals surface area (Å²) in [6.07, 6.45) is 0.751. The Morgan fingerprint density at radius 3 is 2.46 bits per heavy atom. The van der Waals surface area contributed by atoms with Crippen LogP contribution in [0.1, 0.15) is 5.56 Å². The van der Waals surface area contributed by atoms with Gasteiger partial charge in [-0.25, -0.2) is 4.79 Å². The number of ether oxygens (including phenoxy) is 1. The number of hydrogen-bond donors (Lipinski definition) is 1. The zero-order chi connectivity index (χ0) is 9.68. The van der Waals surface area contributed by atoms with E-state index >= 15 is 0 Å². The molecule has 0 atom stereocenters. The van der Waals surface area contributed by atoms with Crippen molar-refractivity contribution in [2.75, 3.05) is 7.11 Å². The summed E-state index contributed by atoms with van der Waals surface area (Å²) in [5, 5.41) is 8.82. The third-order valence-corrected chi connectivity index (χ3v) is 1.62. The molecule has 3 heteroatoms. The van der Waals surface area contributed by atoms with E-state index < -0.39 is 5.97 Å². The second-order valence-electron chi connectivity index (χ2n) is 2.40. The summed E-state index contributed by atoms with van der Waals surface area (Å²) in [5.74, 6) is -0.547. The first-order valence-electron chi connectivity index (χ1n) is 3.77. The zero-order valence-corrected chi connectivity index (χ0v) is 7.23. The molecule has 0 aromatic heterocycles. The fourth-order valence-electron chi connectivity index (χ4n) is 0.973. The van der Waals surface area contributed by atoms with Crippen molar-refractivity contribution < 1.29 is 14.6 Å². The molecule has 13 heavy (non-hydrogen) atoms. The van der Waals surface area contributed by atoms with E-state index in [9.17, 15) is 4.79 Å². The summed E-state index contributed by atoms with van der Waals surface area (Å²) in [7, 11) is 1.27. The first-order chi connectivity index (χ1) is 6.29. The predicted molar refractivity (Wildman–Crippen MR) is 49.1 cm³/mol. The number of aliphatic hydroxyl groups excluding tert-OH is 1. The normalized spacial score (nSPS) is 11.0. The summed E-state index contributed by atoms with van der Waals surface area (Å²) in [5.41, 5.74) is 0.792. The Bertz CT molecular complexity index is 314. The van der Waals surface area contributed by atoms with Gasteiger partial charge in [0.05, 0.1) is 13.4 Å². The minimum Gasteiger partial charge on any atom is -0.515 e. The van der Waals surface area contributed by atoms with Crippen LogP contribution >= 0.6 is 0 Å². The van der Waals surface area contributed by atoms with Gasteiger partial charge in [0, 0.05) is 0 Å². The first kappa shape index (κ1) is 9.32. The molecule has 1 aromatic rings. The molecule has 0 aliphatic heterocycles. The topological polar surface area (TPSA) is 46.5 Å². The van der Waals surface area contributed by atoms with Gasteiger partial charge in [-0.05, 0) is 5.56 Å². The average Bonchev–Trinajstić information content (AvgIpc) is 2.20. The first-order valence-corrected chi connectivity index (χ1v) is 3.77. The lowest BCUT2D eigenvalue weighted by Gasteiger charge is -2.02. The quantitative estimate of drug-likeness (QED) is 0.426. The number of carbonyl (C=O) groups is 1. The van der Waals surface area contributed by atoms with Crippen LogP contribution < -0.4 is 0 Å². The molecule has 0 radical (unpaired) electrons. The summed E-state index contributed by atoms with van der Waals surface area (Å²) in [4.78, 5) is 11.1. The van der Waals surface area contributed by atoms with Crippen LogP contribution in [0, 0.1) is 0 Å². The van der Waals surface area contributed by atoms with Gasteiger partial charge in [0.25, 0.3) is 0 Å². The monoisotopic (exact) mass is 178 g/mol. The fourth-order valence-corrected chi connectivity index (χ4v) is 0.973. The van der Waals surface area contributed by atoms with Crippen LogP contribution in [0.2, 0.25) is 0 Å². The molecule has 68 valence electrons. The highest BCUT2D eigenvalue weighted by Crippen LogP contribution is 2.14. The van der Waals surface area contributed by atoms with Gasteiger partial charge in [-0.3, -0.25) is 0 Å². The molecule has 0 saturated carbocycles. The van der Waals surface area contributed by atoms with Crippen LogP contribution in [-0.2, 0) is 9.53 Å². The van der Waals surface area contributed by atoms with E-state index in [0.717, 1.165) is 6.26 Å². The Labute approximate surface area is 76.3 Å². The molecule has 0 unspecified atom stereocenters. The van der Waals surface area contributed by atoms with Gasteiger partial charge < -0.3 is 9.84 Å². The van der Waals surface area contributed by atoms with Crippen LogP contribution in [-0.4, -0.2) is 18.2 Å². The maximum Gasteiger partial charge on any atom is 0.341 e. The van der Waals surface area contributed by atoms with Gasteiger partial charge in [0.1, 0.15) is 5.57 Å². The van der Waals surface area contributed by atoms with Crippen molar-refractivity contribution in [1.29, 1.82) is 0 Å². The van der Waals surface area contributed by atoms with Crippen molar-refractivity contribution in [3.05, 3.63) is 42.2 Å². The molecule has 0 fully saturated rings. The summed E-state index contributed by atoms with van der Waals surface area (Å²) >= 11 is 0. The minimum atomic E-state index is -0.547. The molecule has 0 aliphatic carbocycles. The van der Waals surface area contributed by atoms with Gasteiger partial charge in [0.2, 0.25) is 0 Å². The standard InChI is InChI=1S/C10H10O3/c1-13-10(12)9(7-11)8-5-3-2-4-6-8/h2-7,11H,1H3/b9-7+. The highest BCUT2D eigenvalue weighted by molar-refractivity contribution is 6.15. The molecule has 0 saturated heterocycles. The van der Waals surface area contributed by atoms with Crippen LogP contribution in [0.15, 0.2) is 36.6 Å². The number of aliphatic hydroxyl groups is 1. The SMILES string of the molecule is COC(=O)/C(=C/O)c1ccccc1. The van der Waals surface area contributed by atoms with Crippen molar-refractivity contribution in [2.45, 2.75) is 0 Å². The number of hydrogen-bond acceptors (Lipinski definition) is 3. The average molecular weight is 178 g/mol. The lowest BCUT2D eigenvalue weighted by molar-refractivity contribution is -0.133. The maximum absolute atomic E-state index is 11.1. The number of benzene rings is 1. The summed E-state index contributed by atoms with van der Waals surface area (Å²) in [6.45, 7) is 0. The van der Waals surface area contributed by atoms with Gasteiger partial charge in [-0.1, -0.05) is 30.3 Å². The van der Waals surface area contributed by atoms with E-state index in [1.807, 2.05) is 6.07 Å².